The molecular formula is C13H19FN2. The van der Waals surface area contributed by atoms with Crippen LogP contribution in [0.5, 0.6) is 0 Å². The molecule has 2 atom stereocenters. The van der Waals surface area contributed by atoms with Gasteiger partial charge in [0.1, 0.15) is 5.82 Å². The Labute approximate surface area is 96.0 Å². The summed E-state index contributed by atoms with van der Waals surface area (Å²) in [4.78, 5) is 0. The molecule has 0 saturated heterocycles. The fourth-order valence-corrected chi connectivity index (χ4v) is 2.33. The number of halogens is 1. The molecule has 2 nitrogen and oxygen atoms in total. The number of hydrogen-bond acceptors (Lipinski definition) is 2. The molecule has 1 aliphatic rings. The van der Waals surface area contributed by atoms with Crippen LogP contribution in [0.4, 0.5) is 10.1 Å². The van der Waals surface area contributed by atoms with Gasteiger partial charge in [-0.25, -0.2) is 4.39 Å². The highest BCUT2D eigenvalue weighted by Crippen LogP contribution is 2.23. The van der Waals surface area contributed by atoms with Crippen LogP contribution in [-0.4, -0.2) is 12.1 Å². The zero-order chi connectivity index (χ0) is 11.5. The lowest BCUT2D eigenvalue weighted by molar-refractivity contribution is 0.408. The van der Waals surface area contributed by atoms with Crippen molar-refractivity contribution in [2.24, 2.45) is 5.73 Å². The molecule has 1 saturated carbocycles. The number of nitrogens with one attached hydrogen (secondary N) is 1. The van der Waals surface area contributed by atoms with Crippen LogP contribution in [0.15, 0.2) is 18.2 Å². The molecule has 0 bridgehead atoms. The molecule has 3 heteroatoms. The van der Waals surface area contributed by atoms with Gasteiger partial charge >= 0.3 is 0 Å². The van der Waals surface area contributed by atoms with Gasteiger partial charge in [0.2, 0.25) is 0 Å². The molecule has 0 radical (unpaired) electrons. The first-order valence-corrected chi connectivity index (χ1v) is 5.93. The molecule has 1 aromatic rings. The fourth-order valence-electron chi connectivity index (χ4n) is 2.33. The minimum atomic E-state index is -0.176. The maximum atomic E-state index is 13.5. The molecular weight excluding hydrogens is 203 g/mol. The highest BCUT2D eigenvalue weighted by atomic mass is 19.1. The Morgan fingerprint density at radius 2 is 2.19 bits per heavy atom. The van der Waals surface area contributed by atoms with Gasteiger partial charge in [0, 0.05) is 12.1 Å². The van der Waals surface area contributed by atoms with Crippen molar-refractivity contribution in [2.45, 2.75) is 44.7 Å². The van der Waals surface area contributed by atoms with Crippen LogP contribution in [0, 0.1) is 12.7 Å². The minimum absolute atomic E-state index is 0.176. The van der Waals surface area contributed by atoms with Gasteiger partial charge in [0.25, 0.3) is 0 Å². The monoisotopic (exact) mass is 222 g/mol. The van der Waals surface area contributed by atoms with Crippen molar-refractivity contribution in [1.82, 2.24) is 0 Å². The Kier molecular flexibility index (Phi) is 3.44. The molecule has 2 unspecified atom stereocenters. The van der Waals surface area contributed by atoms with E-state index in [1.54, 1.807) is 6.07 Å². The number of nitrogens with two attached hydrogens (primary N) is 1. The maximum absolute atomic E-state index is 13.5. The van der Waals surface area contributed by atoms with E-state index in [2.05, 4.69) is 5.32 Å². The third-order valence-corrected chi connectivity index (χ3v) is 3.20. The highest BCUT2D eigenvalue weighted by Gasteiger charge is 2.19. The fraction of sp³-hybridized carbons (Fsp3) is 0.538. The van der Waals surface area contributed by atoms with Crippen molar-refractivity contribution in [3.05, 3.63) is 29.6 Å². The van der Waals surface area contributed by atoms with Gasteiger partial charge in [-0.3, -0.25) is 0 Å². The summed E-state index contributed by atoms with van der Waals surface area (Å²) in [5.74, 6) is -0.176. The topological polar surface area (TPSA) is 38.0 Å². The first kappa shape index (κ1) is 11.4. The van der Waals surface area contributed by atoms with E-state index in [4.69, 9.17) is 5.73 Å². The van der Waals surface area contributed by atoms with Gasteiger partial charge in [-0.2, -0.15) is 0 Å². The number of rotatable bonds is 2. The van der Waals surface area contributed by atoms with E-state index >= 15 is 0 Å². The minimum Gasteiger partial charge on any atom is -0.380 e. The zero-order valence-corrected chi connectivity index (χ0v) is 9.67. The van der Waals surface area contributed by atoms with Gasteiger partial charge in [0.05, 0.1) is 5.69 Å². The van der Waals surface area contributed by atoms with E-state index in [0.717, 1.165) is 31.2 Å². The highest BCUT2D eigenvalue weighted by molar-refractivity contribution is 5.47. The second-order valence-electron chi connectivity index (χ2n) is 4.75. The Morgan fingerprint density at radius 1 is 1.38 bits per heavy atom. The number of benzene rings is 1. The Bertz CT molecular complexity index is 365. The zero-order valence-electron chi connectivity index (χ0n) is 9.67. The standard InChI is InChI=1S/C13H19FN2/c1-9-5-6-12(14)13(7-9)16-11-4-2-3-10(15)8-11/h5-7,10-11,16H,2-4,8,15H2,1H3. The lowest BCUT2D eigenvalue weighted by Gasteiger charge is -2.28. The van der Waals surface area contributed by atoms with Crippen molar-refractivity contribution in [3.8, 4) is 0 Å². The van der Waals surface area contributed by atoms with Crippen LogP contribution in [-0.2, 0) is 0 Å². The predicted octanol–water partition coefficient (Wildman–Crippen LogP) is 2.82. The molecule has 0 heterocycles. The van der Waals surface area contributed by atoms with Crippen molar-refractivity contribution < 1.29 is 4.39 Å². The Morgan fingerprint density at radius 3 is 2.94 bits per heavy atom. The van der Waals surface area contributed by atoms with Gasteiger partial charge in [-0.05, 0) is 50.3 Å². The molecule has 0 spiro atoms. The average Bonchev–Trinajstić information content (AvgIpc) is 2.24. The van der Waals surface area contributed by atoms with E-state index in [1.807, 2.05) is 13.0 Å². The summed E-state index contributed by atoms with van der Waals surface area (Å²) in [5, 5.41) is 3.27. The van der Waals surface area contributed by atoms with E-state index < -0.39 is 0 Å². The third kappa shape index (κ3) is 2.73. The first-order chi connectivity index (χ1) is 7.65. The summed E-state index contributed by atoms with van der Waals surface area (Å²) in [6.07, 6.45) is 4.25. The molecule has 16 heavy (non-hydrogen) atoms. The summed E-state index contributed by atoms with van der Waals surface area (Å²) in [6, 6.07) is 5.74. The SMILES string of the molecule is Cc1ccc(F)c(NC2CCCC(N)C2)c1. The largest absolute Gasteiger partial charge is 0.380 e. The van der Waals surface area contributed by atoms with E-state index in [-0.39, 0.29) is 11.9 Å². The van der Waals surface area contributed by atoms with Crippen molar-refractivity contribution in [2.75, 3.05) is 5.32 Å². The number of aryl methyl sites for hydroxylation is 1. The summed E-state index contributed by atoms with van der Waals surface area (Å²) >= 11 is 0. The first-order valence-electron chi connectivity index (χ1n) is 5.93. The number of hydrogen-bond donors (Lipinski definition) is 2. The van der Waals surface area contributed by atoms with Crippen molar-refractivity contribution in [3.63, 3.8) is 0 Å². The van der Waals surface area contributed by atoms with E-state index in [1.165, 1.54) is 6.07 Å². The molecule has 3 N–H and O–H groups in total. The summed E-state index contributed by atoms with van der Waals surface area (Å²) in [6.45, 7) is 1.97. The predicted molar refractivity (Wildman–Crippen MR) is 65.0 cm³/mol. The van der Waals surface area contributed by atoms with E-state index in [0.29, 0.717) is 11.7 Å². The van der Waals surface area contributed by atoms with Crippen LogP contribution in [0.3, 0.4) is 0 Å². The van der Waals surface area contributed by atoms with Crippen LogP contribution < -0.4 is 11.1 Å². The van der Waals surface area contributed by atoms with E-state index in [9.17, 15) is 4.39 Å². The smallest absolute Gasteiger partial charge is 0.146 e. The summed E-state index contributed by atoms with van der Waals surface area (Å²) in [5.41, 5.74) is 7.60. The molecule has 1 aliphatic carbocycles. The van der Waals surface area contributed by atoms with Crippen LogP contribution in [0.2, 0.25) is 0 Å². The van der Waals surface area contributed by atoms with Crippen LogP contribution >= 0.6 is 0 Å². The van der Waals surface area contributed by atoms with Gasteiger partial charge in [-0.15, -0.1) is 0 Å². The molecule has 1 aromatic carbocycles. The second-order valence-corrected chi connectivity index (χ2v) is 4.75. The molecule has 0 aliphatic heterocycles. The van der Waals surface area contributed by atoms with Crippen molar-refractivity contribution >= 4 is 5.69 Å². The summed E-state index contributed by atoms with van der Waals surface area (Å²) in [7, 11) is 0. The third-order valence-electron chi connectivity index (χ3n) is 3.20. The van der Waals surface area contributed by atoms with Crippen molar-refractivity contribution in [1.29, 1.82) is 0 Å². The lowest BCUT2D eigenvalue weighted by atomic mass is 9.91. The molecule has 0 amide bonds. The molecule has 0 aromatic heterocycles. The van der Waals surface area contributed by atoms with Gasteiger partial charge in [-0.1, -0.05) is 6.07 Å². The molecule has 88 valence electrons. The summed E-state index contributed by atoms with van der Waals surface area (Å²) < 4.78 is 13.5. The quantitative estimate of drug-likeness (QED) is 0.807. The number of anilines is 1. The lowest BCUT2D eigenvalue weighted by Crippen LogP contribution is -2.35. The van der Waals surface area contributed by atoms with Gasteiger partial charge in [0.15, 0.2) is 0 Å². The molecule has 2 rings (SSSR count). The Hall–Kier alpha value is -1.09. The Balaban J connectivity index is 2.05. The second kappa shape index (κ2) is 4.83. The normalized spacial score (nSPS) is 25.4. The van der Waals surface area contributed by atoms with Crippen LogP contribution in [0.1, 0.15) is 31.2 Å². The van der Waals surface area contributed by atoms with Gasteiger partial charge < -0.3 is 11.1 Å². The van der Waals surface area contributed by atoms with Crippen LogP contribution in [0.25, 0.3) is 0 Å². The average molecular weight is 222 g/mol. The maximum Gasteiger partial charge on any atom is 0.146 e. The molecule has 1 fully saturated rings.